The summed E-state index contributed by atoms with van der Waals surface area (Å²) >= 11 is 0. The van der Waals surface area contributed by atoms with Crippen molar-refractivity contribution in [2.24, 2.45) is 0 Å². The molecule has 5 heteroatoms. The van der Waals surface area contributed by atoms with E-state index < -0.39 is 5.92 Å². The van der Waals surface area contributed by atoms with Gasteiger partial charge in [-0.05, 0) is 75.1 Å². The molecule has 1 aliphatic heterocycles. The monoisotopic (exact) mass is 387 g/mol. The Balaban J connectivity index is 1.83. The third kappa shape index (κ3) is 3.37. The first-order valence-electron chi connectivity index (χ1n) is 9.84. The van der Waals surface area contributed by atoms with Crippen molar-refractivity contribution in [3.8, 4) is 5.69 Å². The van der Waals surface area contributed by atoms with Gasteiger partial charge in [-0.2, -0.15) is 5.10 Å². The minimum Gasteiger partial charge on any atom is -0.310 e. The lowest BCUT2D eigenvalue weighted by Gasteiger charge is -2.23. The van der Waals surface area contributed by atoms with E-state index in [-0.39, 0.29) is 18.1 Å². The predicted molar refractivity (Wildman–Crippen MR) is 114 cm³/mol. The summed E-state index contributed by atoms with van der Waals surface area (Å²) in [6.45, 7) is 9.98. The van der Waals surface area contributed by atoms with Crippen LogP contribution in [0.3, 0.4) is 0 Å². The second kappa shape index (κ2) is 6.99. The van der Waals surface area contributed by atoms with Gasteiger partial charge in [-0.3, -0.25) is 9.59 Å². The minimum atomic E-state index is -0.527. The van der Waals surface area contributed by atoms with E-state index in [1.54, 1.807) is 4.68 Å². The predicted octanol–water partition coefficient (Wildman–Crippen LogP) is 4.72. The van der Waals surface area contributed by atoms with E-state index in [4.69, 9.17) is 0 Å². The number of carbonyl (C=O) groups excluding carboxylic acids is 2. The summed E-state index contributed by atoms with van der Waals surface area (Å²) in [5.41, 5.74) is 7.54. The van der Waals surface area contributed by atoms with Crippen LogP contribution in [0.25, 0.3) is 5.69 Å². The smallest absolute Gasteiger partial charge is 0.226 e. The first-order valence-corrected chi connectivity index (χ1v) is 9.84. The van der Waals surface area contributed by atoms with Crippen LogP contribution in [0.5, 0.6) is 0 Å². The van der Waals surface area contributed by atoms with Crippen LogP contribution in [0.2, 0.25) is 0 Å². The highest BCUT2D eigenvalue weighted by atomic mass is 16.2. The van der Waals surface area contributed by atoms with Gasteiger partial charge in [0.25, 0.3) is 0 Å². The molecule has 0 saturated heterocycles. The molecule has 2 aromatic carbocycles. The van der Waals surface area contributed by atoms with Crippen molar-refractivity contribution >= 4 is 17.5 Å². The summed E-state index contributed by atoms with van der Waals surface area (Å²) < 4.78 is 1.75. The molecular formula is C24H25N3O2. The van der Waals surface area contributed by atoms with Gasteiger partial charge >= 0.3 is 0 Å². The minimum absolute atomic E-state index is 0.0349. The molecule has 29 heavy (non-hydrogen) atoms. The van der Waals surface area contributed by atoms with E-state index in [0.717, 1.165) is 39.2 Å². The molecule has 1 atom stereocenters. The zero-order valence-corrected chi connectivity index (χ0v) is 17.5. The Bertz CT molecular complexity index is 1140. The zero-order chi connectivity index (χ0) is 20.9. The highest BCUT2D eigenvalue weighted by molar-refractivity contribution is 6.08. The SMILES string of the molecule is Cc1cc(C)cc(-n2nc(C)c3c2NC(=O)CC3C(=O)c2ccc(C)c(C)c2)c1. The van der Waals surface area contributed by atoms with Gasteiger partial charge in [-0.15, -0.1) is 0 Å². The fraction of sp³-hybridized carbons (Fsp3) is 0.292. The standard InChI is InChI=1S/C24H25N3O2/c1-13-8-14(2)10-19(9-13)27-24-22(17(5)26-27)20(12-21(28)25-24)23(29)18-7-6-15(3)16(4)11-18/h6-11,20H,12H2,1-5H3,(H,25,28). The van der Waals surface area contributed by atoms with Crippen LogP contribution in [0.1, 0.15) is 56.2 Å². The summed E-state index contributed by atoms with van der Waals surface area (Å²) in [5, 5.41) is 7.64. The van der Waals surface area contributed by atoms with Crippen molar-refractivity contribution in [3.63, 3.8) is 0 Å². The molecule has 4 rings (SSSR count). The number of fused-ring (bicyclic) bond motifs is 1. The Morgan fingerprint density at radius 3 is 2.34 bits per heavy atom. The molecule has 1 unspecified atom stereocenters. The molecule has 0 radical (unpaired) electrons. The largest absolute Gasteiger partial charge is 0.310 e. The normalized spacial score (nSPS) is 15.8. The van der Waals surface area contributed by atoms with E-state index in [9.17, 15) is 9.59 Å². The number of aromatic nitrogens is 2. The van der Waals surface area contributed by atoms with Crippen LogP contribution in [0, 0.1) is 34.6 Å². The van der Waals surface area contributed by atoms with Gasteiger partial charge in [0.05, 0.1) is 17.3 Å². The van der Waals surface area contributed by atoms with Crippen LogP contribution in [-0.4, -0.2) is 21.5 Å². The fourth-order valence-electron chi connectivity index (χ4n) is 4.13. The third-order valence-electron chi connectivity index (χ3n) is 5.66. The molecule has 1 amide bonds. The first-order chi connectivity index (χ1) is 13.7. The van der Waals surface area contributed by atoms with Crippen molar-refractivity contribution in [3.05, 3.63) is 75.5 Å². The number of Topliss-reactive ketones (excluding diaryl/α,β-unsaturated/α-hetero) is 1. The van der Waals surface area contributed by atoms with Crippen molar-refractivity contribution in [2.45, 2.75) is 47.0 Å². The third-order valence-corrected chi connectivity index (χ3v) is 5.66. The number of carbonyl (C=O) groups is 2. The average molecular weight is 387 g/mol. The van der Waals surface area contributed by atoms with Gasteiger partial charge in [-0.1, -0.05) is 18.2 Å². The molecular weight excluding hydrogens is 362 g/mol. The number of nitrogens with one attached hydrogen (secondary N) is 1. The Morgan fingerprint density at radius 1 is 1.00 bits per heavy atom. The summed E-state index contributed by atoms with van der Waals surface area (Å²) in [7, 11) is 0. The van der Waals surface area contributed by atoms with Crippen LogP contribution in [-0.2, 0) is 4.79 Å². The van der Waals surface area contributed by atoms with Crippen molar-refractivity contribution < 1.29 is 9.59 Å². The van der Waals surface area contributed by atoms with Crippen molar-refractivity contribution in [1.29, 1.82) is 0 Å². The second-order valence-corrected chi connectivity index (χ2v) is 8.07. The number of rotatable bonds is 3. The Kier molecular flexibility index (Phi) is 4.61. The molecule has 148 valence electrons. The maximum atomic E-state index is 13.4. The highest BCUT2D eigenvalue weighted by Crippen LogP contribution is 2.38. The summed E-state index contributed by atoms with van der Waals surface area (Å²) in [6.07, 6.45) is 0.137. The number of amides is 1. The summed E-state index contributed by atoms with van der Waals surface area (Å²) in [4.78, 5) is 25.9. The van der Waals surface area contributed by atoms with Gasteiger partial charge in [-0.25, -0.2) is 4.68 Å². The quantitative estimate of drug-likeness (QED) is 0.661. The molecule has 0 bridgehead atoms. The van der Waals surface area contributed by atoms with E-state index in [1.807, 2.05) is 65.0 Å². The van der Waals surface area contributed by atoms with Crippen LogP contribution < -0.4 is 5.32 Å². The average Bonchev–Trinajstić information content (AvgIpc) is 2.98. The number of ketones is 1. The molecule has 1 aromatic heterocycles. The fourth-order valence-corrected chi connectivity index (χ4v) is 4.13. The van der Waals surface area contributed by atoms with Crippen LogP contribution >= 0.6 is 0 Å². The summed E-state index contributed by atoms with van der Waals surface area (Å²) in [6, 6.07) is 11.9. The second-order valence-electron chi connectivity index (χ2n) is 8.07. The van der Waals surface area contributed by atoms with E-state index in [0.29, 0.717) is 11.4 Å². The molecule has 2 heterocycles. The van der Waals surface area contributed by atoms with Gasteiger partial charge in [0.15, 0.2) is 5.78 Å². The van der Waals surface area contributed by atoms with Crippen LogP contribution in [0.4, 0.5) is 5.82 Å². The number of benzene rings is 2. The number of nitrogens with zero attached hydrogens (tertiary/aromatic N) is 2. The highest BCUT2D eigenvalue weighted by Gasteiger charge is 2.36. The molecule has 0 spiro atoms. The van der Waals surface area contributed by atoms with Crippen molar-refractivity contribution in [2.75, 3.05) is 5.32 Å². The van der Waals surface area contributed by atoms with E-state index in [1.165, 1.54) is 0 Å². The molecule has 1 N–H and O–H groups in total. The maximum absolute atomic E-state index is 13.4. The number of hydrogen-bond donors (Lipinski definition) is 1. The van der Waals surface area contributed by atoms with Gasteiger partial charge in [0.2, 0.25) is 5.91 Å². The lowest BCUT2D eigenvalue weighted by molar-refractivity contribution is -0.116. The number of aryl methyl sites for hydroxylation is 5. The lowest BCUT2D eigenvalue weighted by atomic mass is 9.85. The van der Waals surface area contributed by atoms with Gasteiger partial charge < -0.3 is 5.32 Å². The molecule has 3 aromatic rings. The Hall–Kier alpha value is -3.21. The zero-order valence-electron chi connectivity index (χ0n) is 17.5. The van der Waals surface area contributed by atoms with Crippen LogP contribution in [0.15, 0.2) is 36.4 Å². The van der Waals surface area contributed by atoms with Crippen molar-refractivity contribution in [1.82, 2.24) is 9.78 Å². The lowest BCUT2D eigenvalue weighted by Crippen LogP contribution is -2.28. The van der Waals surface area contributed by atoms with E-state index in [2.05, 4.69) is 16.5 Å². The molecule has 1 aliphatic rings. The first kappa shape index (κ1) is 19.1. The molecule has 0 fully saturated rings. The maximum Gasteiger partial charge on any atom is 0.226 e. The molecule has 5 nitrogen and oxygen atoms in total. The number of anilines is 1. The van der Waals surface area contributed by atoms with Gasteiger partial charge in [0.1, 0.15) is 5.82 Å². The van der Waals surface area contributed by atoms with Gasteiger partial charge in [0, 0.05) is 17.5 Å². The number of hydrogen-bond acceptors (Lipinski definition) is 3. The molecule has 0 aliphatic carbocycles. The topological polar surface area (TPSA) is 64.0 Å². The van der Waals surface area contributed by atoms with E-state index >= 15 is 0 Å². The Labute approximate surface area is 170 Å². The Morgan fingerprint density at radius 2 is 1.69 bits per heavy atom. The molecule has 0 saturated carbocycles. The summed E-state index contributed by atoms with van der Waals surface area (Å²) in [5.74, 6) is -0.121.